The Bertz CT molecular complexity index is 1220. The lowest BCUT2D eigenvalue weighted by atomic mass is 10.0. The second-order valence-corrected chi connectivity index (χ2v) is 8.71. The third-order valence-corrected chi connectivity index (χ3v) is 6.11. The summed E-state index contributed by atoms with van der Waals surface area (Å²) in [7, 11) is 0. The third kappa shape index (κ3) is 4.36. The first-order chi connectivity index (χ1) is 15.2. The zero-order chi connectivity index (χ0) is 21.2. The number of nitrogen functional groups attached to an aromatic ring is 1. The standard InChI is InChI=1S/C25H22BrN5/c26-21-3-1-2-18(12-21)23-8-10-28-13-19(23)15-31-11-9-24-20(16-31)14-29-25(30-24)17-4-6-22(27)7-5-17/h1-8,10,12-14H,9,11,15-16,27H2. The van der Waals surface area contributed by atoms with Crippen LogP contribution in [0.15, 0.2) is 77.7 Å². The number of halogens is 1. The molecule has 5 nitrogen and oxygen atoms in total. The Kier molecular flexibility index (Phi) is 5.49. The lowest BCUT2D eigenvalue weighted by molar-refractivity contribution is 0.243. The Morgan fingerprint density at radius 1 is 1.00 bits per heavy atom. The molecule has 5 rings (SSSR count). The summed E-state index contributed by atoms with van der Waals surface area (Å²) < 4.78 is 1.08. The Hall–Kier alpha value is -3.09. The molecule has 2 N–H and O–H groups in total. The van der Waals surface area contributed by atoms with Crippen molar-refractivity contribution in [3.8, 4) is 22.5 Å². The van der Waals surface area contributed by atoms with Crippen molar-refractivity contribution in [1.82, 2.24) is 19.9 Å². The van der Waals surface area contributed by atoms with Crippen LogP contribution in [0.1, 0.15) is 16.8 Å². The highest BCUT2D eigenvalue weighted by molar-refractivity contribution is 9.10. The van der Waals surface area contributed by atoms with Gasteiger partial charge in [-0.15, -0.1) is 0 Å². The minimum Gasteiger partial charge on any atom is -0.399 e. The van der Waals surface area contributed by atoms with Gasteiger partial charge in [0, 0.05) is 65.9 Å². The molecule has 2 aromatic heterocycles. The van der Waals surface area contributed by atoms with Crippen LogP contribution in [-0.2, 0) is 19.5 Å². The molecule has 0 bridgehead atoms. The second-order valence-electron chi connectivity index (χ2n) is 7.79. The predicted molar refractivity (Wildman–Crippen MR) is 127 cm³/mol. The van der Waals surface area contributed by atoms with E-state index in [1.165, 1.54) is 22.3 Å². The maximum absolute atomic E-state index is 5.80. The van der Waals surface area contributed by atoms with Crippen LogP contribution in [0, 0.1) is 0 Å². The van der Waals surface area contributed by atoms with Gasteiger partial charge in [0.25, 0.3) is 0 Å². The van der Waals surface area contributed by atoms with Crippen molar-refractivity contribution < 1.29 is 0 Å². The van der Waals surface area contributed by atoms with Gasteiger partial charge in [-0.25, -0.2) is 9.97 Å². The largest absolute Gasteiger partial charge is 0.399 e. The minimum atomic E-state index is 0.745. The summed E-state index contributed by atoms with van der Waals surface area (Å²) in [6, 6.07) is 18.2. The average molecular weight is 472 g/mol. The molecule has 0 amide bonds. The fourth-order valence-corrected chi connectivity index (χ4v) is 4.41. The first-order valence-electron chi connectivity index (χ1n) is 10.3. The van der Waals surface area contributed by atoms with Crippen molar-refractivity contribution in [2.24, 2.45) is 0 Å². The highest BCUT2D eigenvalue weighted by Crippen LogP contribution is 2.28. The summed E-state index contributed by atoms with van der Waals surface area (Å²) >= 11 is 3.58. The number of nitrogens with zero attached hydrogens (tertiary/aromatic N) is 4. The van der Waals surface area contributed by atoms with Crippen LogP contribution in [-0.4, -0.2) is 26.4 Å². The van der Waals surface area contributed by atoms with Gasteiger partial charge in [0.1, 0.15) is 0 Å². The van der Waals surface area contributed by atoms with E-state index in [1.807, 2.05) is 48.9 Å². The number of hydrogen-bond donors (Lipinski definition) is 1. The second kappa shape index (κ2) is 8.57. The molecule has 0 spiro atoms. The van der Waals surface area contributed by atoms with Crippen LogP contribution in [0.5, 0.6) is 0 Å². The number of nitrogens with two attached hydrogens (primary N) is 1. The van der Waals surface area contributed by atoms with Gasteiger partial charge < -0.3 is 5.73 Å². The van der Waals surface area contributed by atoms with Crippen LogP contribution in [0.3, 0.4) is 0 Å². The number of benzene rings is 2. The number of fused-ring (bicyclic) bond motifs is 1. The van der Waals surface area contributed by atoms with E-state index in [1.54, 1.807) is 0 Å². The molecule has 1 aliphatic rings. The predicted octanol–water partition coefficient (Wildman–Crippen LogP) is 5.11. The number of rotatable bonds is 4. The molecule has 6 heteroatoms. The topological polar surface area (TPSA) is 67.9 Å². The van der Waals surface area contributed by atoms with E-state index in [4.69, 9.17) is 10.7 Å². The zero-order valence-electron chi connectivity index (χ0n) is 17.0. The van der Waals surface area contributed by atoms with Crippen LogP contribution in [0.2, 0.25) is 0 Å². The van der Waals surface area contributed by atoms with Gasteiger partial charge in [0.15, 0.2) is 5.82 Å². The summed E-state index contributed by atoms with van der Waals surface area (Å²) in [5, 5.41) is 0. The molecule has 4 aromatic rings. The van der Waals surface area contributed by atoms with Gasteiger partial charge in [-0.3, -0.25) is 9.88 Å². The molecule has 0 saturated heterocycles. The lowest BCUT2D eigenvalue weighted by Gasteiger charge is -2.28. The van der Waals surface area contributed by atoms with Crippen molar-refractivity contribution in [2.45, 2.75) is 19.5 Å². The maximum Gasteiger partial charge on any atom is 0.159 e. The minimum absolute atomic E-state index is 0.745. The fraction of sp³-hybridized carbons (Fsp3) is 0.160. The first-order valence-corrected chi connectivity index (χ1v) is 11.1. The summed E-state index contributed by atoms with van der Waals surface area (Å²) in [6.07, 6.45) is 6.72. The van der Waals surface area contributed by atoms with E-state index in [9.17, 15) is 0 Å². The summed E-state index contributed by atoms with van der Waals surface area (Å²) in [5.41, 5.74) is 13.5. The van der Waals surface area contributed by atoms with E-state index in [2.05, 4.69) is 55.1 Å². The molecule has 31 heavy (non-hydrogen) atoms. The lowest BCUT2D eigenvalue weighted by Crippen LogP contribution is -2.31. The molecule has 1 aliphatic heterocycles. The van der Waals surface area contributed by atoms with E-state index in [0.717, 1.165) is 53.3 Å². The van der Waals surface area contributed by atoms with Crippen molar-refractivity contribution in [3.63, 3.8) is 0 Å². The summed E-state index contributed by atoms with van der Waals surface area (Å²) in [4.78, 5) is 16.3. The summed E-state index contributed by atoms with van der Waals surface area (Å²) in [6.45, 7) is 2.64. The van der Waals surface area contributed by atoms with Crippen molar-refractivity contribution >= 4 is 21.6 Å². The average Bonchev–Trinajstić information content (AvgIpc) is 2.80. The molecule has 0 saturated carbocycles. The quantitative estimate of drug-likeness (QED) is 0.418. The molecule has 0 aliphatic carbocycles. The van der Waals surface area contributed by atoms with E-state index >= 15 is 0 Å². The smallest absolute Gasteiger partial charge is 0.159 e. The fourth-order valence-electron chi connectivity index (χ4n) is 4.01. The number of hydrogen-bond acceptors (Lipinski definition) is 5. The van der Waals surface area contributed by atoms with Crippen molar-refractivity contribution in [2.75, 3.05) is 12.3 Å². The van der Waals surface area contributed by atoms with Crippen LogP contribution >= 0.6 is 15.9 Å². The zero-order valence-corrected chi connectivity index (χ0v) is 18.6. The van der Waals surface area contributed by atoms with Crippen LogP contribution in [0.4, 0.5) is 5.69 Å². The van der Waals surface area contributed by atoms with Gasteiger partial charge in [0.05, 0.1) is 5.69 Å². The monoisotopic (exact) mass is 471 g/mol. The van der Waals surface area contributed by atoms with Gasteiger partial charge in [-0.1, -0.05) is 28.1 Å². The van der Waals surface area contributed by atoms with Crippen molar-refractivity contribution in [1.29, 1.82) is 0 Å². The Morgan fingerprint density at radius 2 is 1.87 bits per heavy atom. The van der Waals surface area contributed by atoms with E-state index in [0.29, 0.717) is 0 Å². The molecule has 0 fully saturated rings. The van der Waals surface area contributed by atoms with Gasteiger partial charge in [-0.05, 0) is 59.2 Å². The molecular formula is C25H22BrN5. The molecular weight excluding hydrogens is 450 g/mol. The Labute approximate surface area is 190 Å². The van der Waals surface area contributed by atoms with Gasteiger partial charge >= 0.3 is 0 Å². The van der Waals surface area contributed by atoms with Gasteiger partial charge in [0.2, 0.25) is 0 Å². The molecule has 2 aromatic carbocycles. The number of aromatic nitrogens is 3. The third-order valence-electron chi connectivity index (χ3n) is 5.62. The van der Waals surface area contributed by atoms with E-state index in [-0.39, 0.29) is 0 Å². The molecule has 154 valence electrons. The molecule has 3 heterocycles. The van der Waals surface area contributed by atoms with Gasteiger partial charge in [-0.2, -0.15) is 0 Å². The highest BCUT2D eigenvalue weighted by atomic mass is 79.9. The van der Waals surface area contributed by atoms with E-state index < -0.39 is 0 Å². The van der Waals surface area contributed by atoms with Crippen molar-refractivity contribution in [3.05, 3.63) is 94.5 Å². The SMILES string of the molecule is Nc1ccc(-c2ncc3c(n2)CCN(Cc2cnccc2-c2cccc(Br)c2)C3)cc1. The molecule has 0 radical (unpaired) electrons. The normalized spacial score (nSPS) is 13.7. The maximum atomic E-state index is 5.80. The first kappa shape index (κ1) is 19.8. The molecule has 0 atom stereocenters. The Morgan fingerprint density at radius 3 is 2.71 bits per heavy atom. The molecule has 0 unspecified atom stereocenters. The van der Waals surface area contributed by atoms with Crippen LogP contribution in [0.25, 0.3) is 22.5 Å². The Balaban J connectivity index is 1.36. The number of anilines is 1. The highest BCUT2D eigenvalue weighted by Gasteiger charge is 2.20. The summed E-state index contributed by atoms with van der Waals surface area (Å²) in [5.74, 6) is 0.761. The number of pyridine rings is 1. The van der Waals surface area contributed by atoms with Crippen LogP contribution < -0.4 is 5.73 Å².